The zero-order valence-corrected chi connectivity index (χ0v) is 23.5. The molecule has 1 N–H and O–H groups in total. The van der Waals surface area contributed by atoms with Crippen molar-refractivity contribution in [3.63, 3.8) is 0 Å². The molecule has 0 aliphatic carbocycles. The highest BCUT2D eigenvalue weighted by Crippen LogP contribution is 2.32. The first kappa shape index (κ1) is 28.8. The summed E-state index contributed by atoms with van der Waals surface area (Å²) in [6, 6.07) is 16.8. The van der Waals surface area contributed by atoms with Gasteiger partial charge in [-0.1, -0.05) is 53.5 Å². The lowest BCUT2D eigenvalue weighted by Crippen LogP contribution is -2.54. The number of aromatic nitrogens is 1. The lowest BCUT2D eigenvalue weighted by molar-refractivity contribution is -0.136. The Hall–Kier alpha value is -3.17. The van der Waals surface area contributed by atoms with Crippen LogP contribution in [0, 0.1) is 0 Å². The molecule has 3 aromatic rings. The van der Waals surface area contributed by atoms with Gasteiger partial charge in [0.05, 0.1) is 18.2 Å². The summed E-state index contributed by atoms with van der Waals surface area (Å²) in [6.45, 7) is 2.14. The van der Waals surface area contributed by atoms with E-state index in [1.54, 1.807) is 42.3 Å². The number of likely N-dealkylation sites (N-methyl/N-ethyl adjacent to an activating group) is 1. The summed E-state index contributed by atoms with van der Waals surface area (Å²) >= 11 is 12.2. The Morgan fingerprint density at radius 3 is 2.56 bits per heavy atom. The number of pyridine rings is 1. The van der Waals surface area contributed by atoms with Crippen molar-refractivity contribution in [2.24, 2.45) is 0 Å². The molecule has 39 heavy (non-hydrogen) atoms. The predicted molar refractivity (Wildman–Crippen MR) is 151 cm³/mol. The zero-order chi connectivity index (χ0) is 27.8. The molecule has 8 nitrogen and oxygen atoms in total. The molecule has 0 saturated carbocycles. The van der Waals surface area contributed by atoms with Gasteiger partial charge in [0, 0.05) is 24.3 Å². The third-order valence-electron chi connectivity index (χ3n) is 6.70. The van der Waals surface area contributed by atoms with Crippen LogP contribution in [-0.2, 0) is 16.1 Å². The van der Waals surface area contributed by atoms with Crippen molar-refractivity contribution in [3.8, 4) is 11.6 Å². The van der Waals surface area contributed by atoms with E-state index in [-0.39, 0.29) is 35.0 Å². The Morgan fingerprint density at radius 2 is 1.85 bits per heavy atom. The Kier molecular flexibility index (Phi) is 10.2. The lowest BCUT2D eigenvalue weighted by atomic mass is 10.0. The summed E-state index contributed by atoms with van der Waals surface area (Å²) in [7, 11) is 3.86. The molecule has 2 aromatic carbocycles. The SMILES string of the molecule is CN1CCC(N(C)C(=O)[C@@H](COCc2ccccc2)NC(=O)c2cccnc2Oc2ccc(Cl)cc2Cl)CC1. The smallest absolute Gasteiger partial charge is 0.257 e. The van der Waals surface area contributed by atoms with Gasteiger partial charge in [-0.25, -0.2) is 4.98 Å². The minimum atomic E-state index is -0.905. The van der Waals surface area contributed by atoms with Crippen molar-refractivity contribution < 1.29 is 19.1 Å². The van der Waals surface area contributed by atoms with E-state index in [2.05, 4.69) is 22.2 Å². The molecule has 1 fully saturated rings. The van der Waals surface area contributed by atoms with Gasteiger partial charge in [0.25, 0.3) is 5.91 Å². The van der Waals surface area contributed by atoms with Crippen LogP contribution in [0.1, 0.15) is 28.8 Å². The Labute approximate surface area is 238 Å². The molecular weight excluding hydrogens is 539 g/mol. The van der Waals surface area contributed by atoms with E-state index in [4.69, 9.17) is 32.7 Å². The van der Waals surface area contributed by atoms with Crippen molar-refractivity contribution >= 4 is 35.0 Å². The van der Waals surface area contributed by atoms with Crippen molar-refractivity contribution in [1.29, 1.82) is 0 Å². The molecule has 0 spiro atoms. The number of carbonyl (C=O) groups excluding carboxylic acids is 2. The van der Waals surface area contributed by atoms with Gasteiger partial charge in [0.2, 0.25) is 11.8 Å². The molecule has 0 bridgehead atoms. The number of nitrogens with one attached hydrogen (secondary N) is 1. The summed E-state index contributed by atoms with van der Waals surface area (Å²) < 4.78 is 11.8. The van der Waals surface area contributed by atoms with E-state index in [1.165, 1.54) is 6.20 Å². The number of carbonyl (C=O) groups is 2. The number of rotatable bonds is 10. The molecule has 1 aromatic heterocycles. The normalized spacial score (nSPS) is 15.0. The molecule has 1 saturated heterocycles. The maximum Gasteiger partial charge on any atom is 0.257 e. The van der Waals surface area contributed by atoms with Gasteiger partial charge in [-0.05, 0) is 68.9 Å². The van der Waals surface area contributed by atoms with Gasteiger partial charge in [-0.3, -0.25) is 9.59 Å². The van der Waals surface area contributed by atoms with Crippen LogP contribution >= 0.6 is 23.2 Å². The molecule has 0 radical (unpaired) electrons. The van der Waals surface area contributed by atoms with Crippen LogP contribution in [0.3, 0.4) is 0 Å². The van der Waals surface area contributed by atoms with Crippen LogP contribution in [0.2, 0.25) is 10.0 Å². The van der Waals surface area contributed by atoms with E-state index in [9.17, 15) is 9.59 Å². The minimum absolute atomic E-state index is 0.00982. The fourth-order valence-corrected chi connectivity index (χ4v) is 4.84. The van der Waals surface area contributed by atoms with Gasteiger partial charge in [-0.15, -0.1) is 0 Å². The molecule has 1 aliphatic heterocycles. The molecular formula is C29H32Cl2N4O4. The standard InChI is InChI=1S/C29H32Cl2N4O4/c1-34-15-12-22(13-16-34)35(2)29(37)25(19-38-18-20-7-4-3-5-8-20)33-27(36)23-9-6-14-32-28(23)39-26-11-10-21(30)17-24(26)31/h3-11,14,17,22,25H,12-13,15-16,18-19H2,1-2H3,(H,33,36)/t25-/m1/s1. The van der Waals surface area contributed by atoms with E-state index >= 15 is 0 Å². The van der Waals surface area contributed by atoms with Crippen LogP contribution in [0.15, 0.2) is 66.9 Å². The fourth-order valence-electron chi connectivity index (χ4n) is 4.39. The van der Waals surface area contributed by atoms with E-state index in [0.29, 0.717) is 17.4 Å². The monoisotopic (exact) mass is 570 g/mol. The highest BCUT2D eigenvalue weighted by atomic mass is 35.5. The summed E-state index contributed by atoms with van der Waals surface area (Å²) in [5.41, 5.74) is 1.13. The molecule has 2 heterocycles. The number of piperidine rings is 1. The average molecular weight is 572 g/mol. The van der Waals surface area contributed by atoms with Gasteiger partial charge in [-0.2, -0.15) is 0 Å². The van der Waals surface area contributed by atoms with E-state index in [1.807, 2.05) is 30.3 Å². The minimum Gasteiger partial charge on any atom is -0.437 e. The van der Waals surface area contributed by atoms with E-state index in [0.717, 1.165) is 31.5 Å². The predicted octanol–water partition coefficient (Wildman–Crippen LogP) is 5.05. The van der Waals surface area contributed by atoms with Crippen LogP contribution in [-0.4, -0.2) is 72.5 Å². The van der Waals surface area contributed by atoms with Gasteiger partial charge in [0.15, 0.2) is 0 Å². The van der Waals surface area contributed by atoms with Crippen LogP contribution < -0.4 is 10.1 Å². The van der Waals surface area contributed by atoms with Crippen molar-refractivity contribution in [3.05, 3.63) is 88.0 Å². The number of amides is 2. The summed E-state index contributed by atoms with van der Waals surface area (Å²) in [5.74, 6) is -0.367. The number of hydrogen-bond acceptors (Lipinski definition) is 6. The van der Waals surface area contributed by atoms with Crippen LogP contribution in [0.4, 0.5) is 0 Å². The maximum atomic E-state index is 13.6. The quantitative estimate of drug-likeness (QED) is 0.367. The highest BCUT2D eigenvalue weighted by molar-refractivity contribution is 6.35. The van der Waals surface area contributed by atoms with Gasteiger partial charge < -0.3 is 24.6 Å². The molecule has 0 unspecified atom stereocenters. The highest BCUT2D eigenvalue weighted by Gasteiger charge is 2.31. The second-order valence-electron chi connectivity index (χ2n) is 9.54. The molecule has 206 valence electrons. The number of nitrogens with zero attached hydrogens (tertiary/aromatic N) is 3. The fraction of sp³-hybridized carbons (Fsp3) is 0.345. The second-order valence-corrected chi connectivity index (χ2v) is 10.4. The zero-order valence-electron chi connectivity index (χ0n) is 22.0. The molecule has 1 aliphatic rings. The molecule has 2 amide bonds. The van der Waals surface area contributed by atoms with Gasteiger partial charge in [0.1, 0.15) is 17.4 Å². The second kappa shape index (κ2) is 13.8. The lowest BCUT2D eigenvalue weighted by Gasteiger charge is -2.36. The topological polar surface area (TPSA) is 84.0 Å². The Bertz CT molecular complexity index is 1270. The third-order valence-corrected chi connectivity index (χ3v) is 7.23. The number of benzene rings is 2. The summed E-state index contributed by atoms with van der Waals surface area (Å²) in [6.07, 6.45) is 3.24. The van der Waals surface area contributed by atoms with Crippen molar-refractivity contribution in [1.82, 2.24) is 20.1 Å². The number of ether oxygens (including phenoxy) is 2. The number of halogens is 2. The van der Waals surface area contributed by atoms with Crippen molar-refractivity contribution in [2.45, 2.75) is 31.5 Å². The van der Waals surface area contributed by atoms with Crippen molar-refractivity contribution in [2.75, 3.05) is 33.8 Å². The van der Waals surface area contributed by atoms with Gasteiger partial charge >= 0.3 is 0 Å². The van der Waals surface area contributed by atoms with E-state index < -0.39 is 11.9 Å². The largest absolute Gasteiger partial charge is 0.437 e. The Balaban J connectivity index is 1.50. The molecule has 10 heteroatoms. The maximum absolute atomic E-state index is 13.6. The van der Waals surface area contributed by atoms with Crippen LogP contribution in [0.25, 0.3) is 0 Å². The summed E-state index contributed by atoms with van der Waals surface area (Å²) in [4.78, 5) is 35.3. The first-order chi connectivity index (χ1) is 18.8. The molecule has 4 rings (SSSR count). The molecule has 1 atom stereocenters. The van der Waals surface area contributed by atoms with Crippen LogP contribution in [0.5, 0.6) is 11.6 Å². The number of hydrogen-bond donors (Lipinski definition) is 1. The third kappa shape index (κ3) is 7.92. The first-order valence-electron chi connectivity index (χ1n) is 12.8. The number of likely N-dealkylation sites (tertiary alicyclic amines) is 1. The first-order valence-corrected chi connectivity index (χ1v) is 13.5. The summed E-state index contributed by atoms with van der Waals surface area (Å²) in [5, 5.41) is 3.59. The average Bonchev–Trinajstić information content (AvgIpc) is 2.94. The Morgan fingerprint density at radius 1 is 1.10 bits per heavy atom.